The second-order valence-electron chi connectivity index (χ2n) is 5.71. The topological polar surface area (TPSA) is 24.5 Å². The Balaban J connectivity index is 2.02. The molecular weight excluding hydrogens is 292 g/mol. The largest absolute Gasteiger partial charge is 0.468 e. The third-order valence-electron chi connectivity index (χ3n) is 3.80. The van der Waals surface area contributed by atoms with Crippen molar-refractivity contribution in [3.05, 3.63) is 40.9 Å². The summed E-state index contributed by atoms with van der Waals surface area (Å²) in [5.41, 5.74) is 1.69. The summed E-state index contributed by atoms with van der Waals surface area (Å²) in [6.07, 6.45) is 0.827. The highest BCUT2D eigenvalue weighted by Crippen LogP contribution is 2.44. The Labute approximate surface area is 129 Å². The first kappa shape index (κ1) is 13.7. The monoisotopic (exact) mass is 308 g/mol. The summed E-state index contributed by atoms with van der Waals surface area (Å²) in [5.74, 6) is 0.870. The zero-order chi connectivity index (χ0) is 14.5. The first-order valence-corrected chi connectivity index (χ1v) is 7.39. The predicted octanol–water partition coefficient (Wildman–Crippen LogP) is 3.65. The van der Waals surface area contributed by atoms with E-state index in [1.807, 2.05) is 25.1 Å². The van der Waals surface area contributed by atoms with Crippen LogP contribution < -0.4 is 10.1 Å². The average molecular weight is 309 g/mol. The highest BCUT2D eigenvalue weighted by molar-refractivity contribution is 7.80. The molecule has 20 heavy (non-hydrogen) atoms. The molecule has 0 saturated carbocycles. The van der Waals surface area contributed by atoms with Crippen LogP contribution in [0.2, 0.25) is 5.02 Å². The lowest BCUT2D eigenvalue weighted by Crippen LogP contribution is -2.64. The molecule has 0 spiro atoms. The number of hydrogen-bond donors (Lipinski definition) is 1. The number of hydrogen-bond acceptors (Lipinski definition) is 2. The minimum absolute atomic E-state index is 0.149. The van der Waals surface area contributed by atoms with Crippen molar-refractivity contribution in [3.63, 3.8) is 0 Å². The molecule has 2 aliphatic rings. The Kier molecular flexibility index (Phi) is 3.18. The zero-order valence-corrected chi connectivity index (χ0v) is 13.1. The van der Waals surface area contributed by atoms with Gasteiger partial charge in [0.15, 0.2) is 10.8 Å². The fraction of sp³-hybridized carbons (Fsp3) is 0.400. The number of halogens is 1. The number of ether oxygens (including phenoxy) is 1. The molecule has 2 bridgehead atoms. The summed E-state index contributed by atoms with van der Waals surface area (Å²) >= 11 is 11.6. The van der Waals surface area contributed by atoms with Gasteiger partial charge in [0.1, 0.15) is 5.75 Å². The van der Waals surface area contributed by atoms with E-state index in [-0.39, 0.29) is 6.04 Å². The van der Waals surface area contributed by atoms with Gasteiger partial charge >= 0.3 is 0 Å². The SMILES string of the molecule is C=C(C)CN1C(=S)NC2CC1(C)Oc1ccc(Cl)cc12. The second kappa shape index (κ2) is 4.64. The highest BCUT2D eigenvalue weighted by Gasteiger charge is 2.47. The Hall–Kier alpha value is -1.26. The van der Waals surface area contributed by atoms with Crippen molar-refractivity contribution >= 4 is 28.9 Å². The van der Waals surface area contributed by atoms with Gasteiger partial charge in [-0.15, -0.1) is 0 Å². The van der Waals surface area contributed by atoms with Crippen molar-refractivity contribution in [2.24, 2.45) is 0 Å². The first-order valence-electron chi connectivity index (χ1n) is 6.60. The molecule has 3 rings (SSSR count). The third-order valence-corrected chi connectivity index (χ3v) is 4.38. The maximum absolute atomic E-state index is 6.23. The Morgan fingerprint density at radius 1 is 1.65 bits per heavy atom. The van der Waals surface area contributed by atoms with Crippen molar-refractivity contribution in [3.8, 4) is 5.75 Å². The van der Waals surface area contributed by atoms with E-state index < -0.39 is 5.72 Å². The average Bonchev–Trinajstić information content (AvgIpc) is 2.35. The number of rotatable bonds is 2. The van der Waals surface area contributed by atoms with Crippen molar-refractivity contribution in [1.29, 1.82) is 0 Å². The Bertz CT molecular complexity index is 604. The van der Waals surface area contributed by atoms with E-state index in [1.54, 1.807) is 0 Å². The van der Waals surface area contributed by atoms with Gasteiger partial charge in [-0.2, -0.15) is 0 Å². The number of benzene rings is 1. The fourth-order valence-corrected chi connectivity index (χ4v) is 3.48. The van der Waals surface area contributed by atoms with Gasteiger partial charge in [0.05, 0.1) is 6.04 Å². The molecule has 5 heteroatoms. The van der Waals surface area contributed by atoms with E-state index in [4.69, 9.17) is 28.6 Å². The molecule has 1 saturated heterocycles. The van der Waals surface area contributed by atoms with Gasteiger partial charge in [0, 0.05) is 23.6 Å². The summed E-state index contributed by atoms with van der Waals surface area (Å²) in [6.45, 7) is 8.74. The summed E-state index contributed by atoms with van der Waals surface area (Å²) in [5, 5.41) is 4.81. The number of thiocarbonyl (C=S) groups is 1. The molecule has 106 valence electrons. The zero-order valence-electron chi connectivity index (χ0n) is 11.6. The number of nitrogens with zero attached hydrogens (tertiary/aromatic N) is 1. The van der Waals surface area contributed by atoms with Crippen LogP contribution in [0.3, 0.4) is 0 Å². The lowest BCUT2D eigenvalue weighted by Gasteiger charge is -2.52. The predicted molar refractivity (Wildman–Crippen MR) is 85.1 cm³/mol. The minimum atomic E-state index is -0.438. The van der Waals surface area contributed by atoms with Crippen LogP contribution in [-0.2, 0) is 0 Å². The molecule has 2 atom stereocenters. The van der Waals surface area contributed by atoms with E-state index in [0.29, 0.717) is 16.7 Å². The van der Waals surface area contributed by atoms with E-state index in [2.05, 4.69) is 23.7 Å². The van der Waals surface area contributed by atoms with Crippen molar-refractivity contribution in [2.45, 2.75) is 32.0 Å². The van der Waals surface area contributed by atoms with Crippen molar-refractivity contribution in [1.82, 2.24) is 10.2 Å². The van der Waals surface area contributed by atoms with E-state index >= 15 is 0 Å². The summed E-state index contributed by atoms with van der Waals surface area (Å²) in [4.78, 5) is 2.07. The molecule has 2 unspecified atom stereocenters. The van der Waals surface area contributed by atoms with E-state index in [1.165, 1.54) is 0 Å². The molecule has 1 N–H and O–H groups in total. The molecular formula is C15H17ClN2OS. The van der Waals surface area contributed by atoms with Gasteiger partial charge in [0.25, 0.3) is 0 Å². The standard InChI is InChI=1S/C15H17ClN2OS/c1-9(2)8-18-14(20)17-12-7-15(18,3)19-13-5-4-10(16)6-11(12)13/h4-6,12H,1,7-8H2,2-3H3,(H,17,20). The maximum Gasteiger partial charge on any atom is 0.184 e. The molecule has 0 amide bonds. The molecule has 2 heterocycles. The molecule has 1 fully saturated rings. The Morgan fingerprint density at radius 3 is 3.10 bits per heavy atom. The van der Waals surface area contributed by atoms with E-state index in [0.717, 1.165) is 23.3 Å². The molecule has 1 aromatic rings. The number of nitrogens with one attached hydrogen (secondary N) is 1. The summed E-state index contributed by atoms with van der Waals surface area (Å²) in [7, 11) is 0. The van der Waals surface area contributed by atoms with Crippen LogP contribution in [0.5, 0.6) is 5.75 Å². The summed E-state index contributed by atoms with van der Waals surface area (Å²) in [6, 6.07) is 5.88. The van der Waals surface area contributed by atoms with Crippen LogP contribution in [0.25, 0.3) is 0 Å². The van der Waals surface area contributed by atoms with Crippen LogP contribution >= 0.6 is 23.8 Å². The van der Waals surface area contributed by atoms with Gasteiger partial charge in [-0.1, -0.05) is 23.8 Å². The lowest BCUT2D eigenvalue weighted by molar-refractivity contribution is -0.0641. The van der Waals surface area contributed by atoms with Crippen LogP contribution in [0.15, 0.2) is 30.4 Å². The molecule has 0 radical (unpaired) electrons. The Morgan fingerprint density at radius 2 is 2.40 bits per heavy atom. The number of fused-ring (bicyclic) bond motifs is 4. The molecule has 3 nitrogen and oxygen atoms in total. The maximum atomic E-state index is 6.23. The van der Waals surface area contributed by atoms with Crippen molar-refractivity contribution in [2.75, 3.05) is 6.54 Å². The van der Waals surface area contributed by atoms with Crippen LogP contribution in [0.4, 0.5) is 0 Å². The second-order valence-corrected chi connectivity index (χ2v) is 6.53. The van der Waals surface area contributed by atoms with Crippen LogP contribution in [-0.4, -0.2) is 22.3 Å². The van der Waals surface area contributed by atoms with E-state index in [9.17, 15) is 0 Å². The summed E-state index contributed by atoms with van der Waals surface area (Å²) < 4.78 is 6.23. The molecule has 0 aromatic heterocycles. The van der Waals surface area contributed by atoms with Gasteiger partial charge in [0.2, 0.25) is 0 Å². The minimum Gasteiger partial charge on any atom is -0.468 e. The van der Waals surface area contributed by atoms with Gasteiger partial charge in [-0.25, -0.2) is 0 Å². The normalized spacial score (nSPS) is 27.4. The third kappa shape index (κ3) is 2.17. The molecule has 0 aliphatic carbocycles. The highest BCUT2D eigenvalue weighted by atomic mass is 35.5. The smallest absolute Gasteiger partial charge is 0.184 e. The first-order chi connectivity index (χ1) is 9.39. The van der Waals surface area contributed by atoms with Gasteiger partial charge in [-0.05, 0) is 44.3 Å². The molecule has 2 aliphatic heterocycles. The van der Waals surface area contributed by atoms with Crippen LogP contribution in [0.1, 0.15) is 31.9 Å². The van der Waals surface area contributed by atoms with Crippen LogP contribution in [0, 0.1) is 0 Å². The lowest BCUT2D eigenvalue weighted by atomic mass is 9.90. The van der Waals surface area contributed by atoms with Crippen molar-refractivity contribution < 1.29 is 4.74 Å². The van der Waals surface area contributed by atoms with Gasteiger partial charge in [-0.3, -0.25) is 0 Å². The molecule has 1 aromatic carbocycles. The van der Waals surface area contributed by atoms with Gasteiger partial charge < -0.3 is 15.0 Å². The quantitative estimate of drug-likeness (QED) is 0.666. The fourth-order valence-electron chi connectivity index (χ4n) is 2.90.